The summed E-state index contributed by atoms with van der Waals surface area (Å²) in [5.74, 6) is -0.567. The Bertz CT molecular complexity index is 1000. The van der Waals surface area contributed by atoms with Crippen molar-refractivity contribution in [2.75, 3.05) is 7.05 Å². The van der Waals surface area contributed by atoms with E-state index in [2.05, 4.69) is 6.07 Å². The number of rotatable bonds is 6. The molecular formula is C22H24N2O4S. The summed E-state index contributed by atoms with van der Waals surface area (Å²) in [5, 5.41) is 9.10. The average molecular weight is 413 g/mol. The lowest BCUT2D eigenvalue weighted by Crippen LogP contribution is -2.38. The maximum Gasteiger partial charge on any atom is 0.338 e. The van der Waals surface area contributed by atoms with Crippen molar-refractivity contribution in [1.82, 2.24) is 4.31 Å². The predicted molar refractivity (Wildman–Crippen MR) is 109 cm³/mol. The minimum atomic E-state index is -3.60. The standard InChI is InChI=1S/C22H24N2O4S/c1-24(20-9-3-2-4-10-20)29(26,27)21-13-11-17(12-14-21)22(25)28-16-19-8-6-5-7-18(19)15-23/h5-8,11-14,20H,2-4,9-10,16H2,1H3. The summed E-state index contributed by atoms with van der Waals surface area (Å²) in [4.78, 5) is 12.5. The van der Waals surface area contributed by atoms with Crippen molar-refractivity contribution in [1.29, 1.82) is 5.26 Å². The normalized spacial score (nSPS) is 15.1. The van der Waals surface area contributed by atoms with Crippen molar-refractivity contribution in [3.8, 4) is 6.07 Å². The molecule has 2 aromatic carbocycles. The topological polar surface area (TPSA) is 87.5 Å². The summed E-state index contributed by atoms with van der Waals surface area (Å²) in [7, 11) is -1.98. The Morgan fingerprint density at radius 3 is 2.41 bits per heavy atom. The summed E-state index contributed by atoms with van der Waals surface area (Å²) >= 11 is 0. The third-order valence-electron chi connectivity index (χ3n) is 5.35. The Kier molecular flexibility index (Phi) is 6.68. The molecule has 0 radical (unpaired) electrons. The lowest BCUT2D eigenvalue weighted by atomic mass is 9.96. The van der Waals surface area contributed by atoms with Crippen molar-refractivity contribution in [2.24, 2.45) is 0 Å². The average Bonchev–Trinajstić information content (AvgIpc) is 2.77. The van der Waals surface area contributed by atoms with Crippen molar-refractivity contribution in [2.45, 2.75) is 49.6 Å². The smallest absolute Gasteiger partial charge is 0.338 e. The molecule has 1 fully saturated rings. The van der Waals surface area contributed by atoms with Gasteiger partial charge in [-0.15, -0.1) is 0 Å². The molecule has 0 aliphatic heterocycles. The first-order valence-electron chi connectivity index (χ1n) is 9.66. The van der Waals surface area contributed by atoms with Crippen LogP contribution >= 0.6 is 0 Å². The summed E-state index contributed by atoms with van der Waals surface area (Å²) in [6, 6.07) is 14.8. The number of nitrogens with zero attached hydrogens (tertiary/aromatic N) is 2. The van der Waals surface area contributed by atoms with Crippen molar-refractivity contribution >= 4 is 16.0 Å². The highest BCUT2D eigenvalue weighted by molar-refractivity contribution is 7.89. The van der Waals surface area contributed by atoms with Gasteiger partial charge in [0.1, 0.15) is 6.61 Å². The Hall–Kier alpha value is -2.69. The van der Waals surface area contributed by atoms with Crippen molar-refractivity contribution in [3.05, 3.63) is 65.2 Å². The zero-order valence-corrected chi connectivity index (χ0v) is 17.2. The van der Waals surface area contributed by atoms with E-state index in [1.807, 2.05) is 0 Å². The minimum Gasteiger partial charge on any atom is -0.457 e. The molecule has 1 aliphatic carbocycles. The highest BCUT2D eigenvalue weighted by Gasteiger charge is 2.29. The van der Waals surface area contributed by atoms with Crippen LogP contribution in [-0.4, -0.2) is 31.8 Å². The molecule has 1 saturated carbocycles. The molecule has 3 rings (SSSR count). The predicted octanol–water partition coefficient (Wildman–Crippen LogP) is 3.87. The van der Waals surface area contributed by atoms with Crippen LogP contribution in [0.25, 0.3) is 0 Å². The number of sulfonamides is 1. The van der Waals surface area contributed by atoms with Crippen LogP contribution in [0.3, 0.4) is 0 Å². The molecule has 0 saturated heterocycles. The molecule has 0 N–H and O–H groups in total. The van der Waals surface area contributed by atoms with Gasteiger partial charge >= 0.3 is 5.97 Å². The third kappa shape index (κ3) is 4.84. The van der Waals surface area contributed by atoms with Crippen LogP contribution in [0.4, 0.5) is 0 Å². The quantitative estimate of drug-likeness (QED) is 0.672. The zero-order chi connectivity index (χ0) is 20.9. The Balaban J connectivity index is 1.67. The molecular weight excluding hydrogens is 388 g/mol. The first-order chi connectivity index (χ1) is 13.9. The second-order valence-electron chi connectivity index (χ2n) is 7.18. The van der Waals surface area contributed by atoms with Crippen LogP contribution < -0.4 is 0 Å². The molecule has 1 aliphatic rings. The number of carbonyl (C=O) groups is 1. The van der Waals surface area contributed by atoms with E-state index in [0.717, 1.165) is 32.1 Å². The fourth-order valence-electron chi connectivity index (χ4n) is 3.55. The van der Waals surface area contributed by atoms with Crippen LogP contribution in [0.5, 0.6) is 0 Å². The van der Waals surface area contributed by atoms with E-state index in [0.29, 0.717) is 11.1 Å². The summed E-state index contributed by atoms with van der Waals surface area (Å²) in [6.45, 7) is -0.0208. The fourth-order valence-corrected chi connectivity index (χ4v) is 4.97. The zero-order valence-electron chi connectivity index (χ0n) is 16.4. The van der Waals surface area contributed by atoms with Crippen molar-refractivity contribution < 1.29 is 17.9 Å². The lowest BCUT2D eigenvalue weighted by Gasteiger charge is -2.30. The molecule has 0 bridgehead atoms. The van der Waals surface area contributed by atoms with E-state index in [-0.39, 0.29) is 23.1 Å². The first-order valence-corrected chi connectivity index (χ1v) is 11.1. The Morgan fingerprint density at radius 2 is 1.76 bits per heavy atom. The van der Waals surface area contributed by atoms with Crippen LogP contribution in [-0.2, 0) is 21.4 Å². The molecule has 0 heterocycles. The number of ether oxygens (including phenoxy) is 1. The molecule has 0 unspecified atom stereocenters. The van der Waals surface area contributed by atoms with Gasteiger partial charge in [0, 0.05) is 18.7 Å². The minimum absolute atomic E-state index is 0.0208. The summed E-state index contributed by atoms with van der Waals surface area (Å²) in [5.41, 5.74) is 1.34. The van der Waals surface area contributed by atoms with Crippen LogP contribution in [0, 0.1) is 11.3 Å². The molecule has 0 aromatic heterocycles. The van der Waals surface area contributed by atoms with Gasteiger partial charge in [0.15, 0.2) is 0 Å². The van der Waals surface area contributed by atoms with E-state index in [1.54, 1.807) is 31.3 Å². The number of hydrogen-bond donors (Lipinski definition) is 0. The van der Waals surface area contributed by atoms with E-state index in [9.17, 15) is 13.2 Å². The van der Waals surface area contributed by atoms with Crippen molar-refractivity contribution in [3.63, 3.8) is 0 Å². The molecule has 7 heteroatoms. The largest absolute Gasteiger partial charge is 0.457 e. The van der Waals surface area contributed by atoms with Gasteiger partial charge in [-0.05, 0) is 43.2 Å². The SMILES string of the molecule is CN(C1CCCCC1)S(=O)(=O)c1ccc(C(=O)OCc2ccccc2C#N)cc1. The van der Waals surface area contributed by atoms with E-state index in [1.165, 1.54) is 28.6 Å². The lowest BCUT2D eigenvalue weighted by molar-refractivity contribution is 0.0472. The third-order valence-corrected chi connectivity index (χ3v) is 7.28. The molecule has 2 aromatic rings. The fraction of sp³-hybridized carbons (Fsp3) is 0.364. The molecule has 6 nitrogen and oxygen atoms in total. The first kappa shape index (κ1) is 21.0. The van der Waals surface area contributed by atoms with Crippen LogP contribution in [0.2, 0.25) is 0 Å². The number of nitriles is 1. The van der Waals surface area contributed by atoms with Gasteiger partial charge in [-0.2, -0.15) is 9.57 Å². The summed E-state index contributed by atoms with van der Waals surface area (Å²) in [6.07, 6.45) is 5.00. The number of esters is 1. The highest BCUT2D eigenvalue weighted by atomic mass is 32.2. The second kappa shape index (κ2) is 9.21. The van der Waals surface area contributed by atoms with E-state index >= 15 is 0 Å². The van der Waals surface area contributed by atoms with Crippen LogP contribution in [0.15, 0.2) is 53.4 Å². The maximum absolute atomic E-state index is 12.9. The number of carbonyl (C=O) groups excluding carboxylic acids is 1. The van der Waals surface area contributed by atoms with Crippen LogP contribution in [0.1, 0.15) is 53.6 Å². The van der Waals surface area contributed by atoms with E-state index in [4.69, 9.17) is 10.00 Å². The molecule has 0 atom stereocenters. The van der Waals surface area contributed by atoms with Gasteiger partial charge in [0.2, 0.25) is 10.0 Å². The Labute approximate surface area is 171 Å². The number of benzene rings is 2. The second-order valence-corrected chi connectivity index (χ2v) is 9.18. The van der Waals surface area contributed by atoms with E-state index < -0.39 is 16.0 Å². The van der Waals surface area contributed by atoms with Gasteiger partial charge in [-0.1, -0.05) is 37.5 Å². The maximum atomic E-state index is 12.9. The molecule has 152 valence electrons. The molecule has 29 heavy (non-hydrogen) atoms. The monoisotopic (exact) mass is 412 g/mol. The highest BCUT2D eigenvalue weighted by Crippen LogP contribution is 2.26. The Morgan fingerprint density at radius 1 is 1.10 bits per heavy atom. The number of hydrogen-bond acceptors (Lipinski definition) is 5. The van der Waals surface area contributed by atoms with Gasteiger partial charge in [0.05, 0.1) is 22.1 Å². The molecule has 0 amide bonds. The van der Waals surface area contributed by atoms with Gasteiger partial charge in [-0.3, -0.25) is 0 Å². The van der Waals surface area contributed by atoms with Gasteiger partial charge < -0.3 is 4.74 Å². The van der Waals surface area contributed by atoms with Gasteiger partial charge in [0.25, 0.3) is 0 Å². The summed E-state index contributed by atoms with van der Waals surface area (Å²) < 4.78 is 32.5. The molecule has 0 spiro atoms. The van der Waals surface area contributed by atoms with Gasteiger partial charge in [-0.25, -0.2) is 13.2 Å².